The van der Waals surface area contributed by atoms with Crippen LogP contribution in [-0.2, 0) is 17.6 Å². The van der Waals surface area contributed by atoms with Crippen LogP contribution in [0.3, 0.4) is 0 Å². The molecule has 38 heavy (non-hydrogen) atoms. The molecule has 0 bridgehead atoms. The zero-order valence-corrected chi connectivity index (χ0v) is 22.1. The molecule has 1 fully saturated rings. The minimum absolute atomic E-state index is 0.0230. The lowest BCUT2D eigenvalue weighted by atomic mass is 10.0. The Morgan fingerprint density at radius 2 is 1.82 bits per heavy atom. The number of hydrogen-bond acceptors (Lipinski definition) is 7. The van der Waals surface area contributed by atoms with Crippen molar-refractivity contribution in [3.8, 4) is 17.0 Å². The van der Waals surface area contributed by atoms with Gasteiger partial charge in [-0.1, -0.05) is 19.1 Å². The van der Waals surface area contributed by atoms with Crippen LogP contribution < -0.4 is 10.1 Å². The van der Waals surface area contributed by atoms with Gasteiger partial charge in [-0.05, 0) is 47.9 Å². The summed E-state index contributed by atoms with van der Waals surface area (Å²) in [5, 5.41) is 5.13. The van der Waals surface area contributed by atoms with Crippen LogP contribution in [-0.4, -0.2) is 77.0 Å². The molecule has 196 valence electrons. The molecule has 0 aliphatic carbocycles. The highest BCUT2D eigenvalue weighted by Crippen LogP contribution is 2.33. The zero-order valence-electron chi connectivity index (χ0n) is 22.1. The van der Waals surface area contributed by atoms with Gasteiger partial charge in [0.1, 0.15) is 11.6 Å². The standard InChI is InChI=1S/C30H34N6O2/c1-3-29-32-12-9-27(33-29)23-18-22-7-8-25(38-2)20-26(22)28(19-23)34-30(37)21-36-16-14-35(15-17-36)13-10-24-6-4-5-11-31-24/h4-9,11-12,18-20H,3,10,13-17,21H2,1-2H3,(H,34,37). The quantitative estimate of drug-likeness (QED) is 0.364. The maximum absolute atomic E-state index is 13.2. The summed E-state index contributed by atoms with van der Waals surface area (Å²) in [6, 6.07) is 18.0. The van der Waals surface area contributed by atoms with Crippen molar-refractivity contribution in [1.29, 1.82) is 0 Å². The summed E-state index contributed by atoms with van der Waals surface area (Å²) in [5.41, 5.74) is 3.66. The van der Waals surface area contributed by atoms with Gasteiger partial charge in [-0.2, -0.15) is 0 Å². The number of rotatable bonds is 9. The number of fused-ring (bicyclic) bond motifs is 1. The SMILES string of the molecule is CCc1nccc(-c2cc(NC(=O)CN3CCN(CCc4ccccn4)CC3)c3cc(OC)ccc3c2)n1. The van der Waals surface area contributed by atoms with Gasteiger partial charge in [0.2, 0.25) is 5.91 Å². The van der Waals surface area contributed by atoms with Gasteiger partial charge in [0.25, 0.3) is 0 Å². The van der Waals surface area contributed by atoms with Crippen molar-refractivity contribution in [3.63, 3.8) is 0 Å². The number of carbonyl (C=O) groups is 1. The highest BCUT2D eigenvalue weighted by molar-refractivity contribution is 6.05. The van der Waals surface area contributed by atoms with Crippen molar-refractivity contribution in [2.45, 2.75) is 19.8 Å². The molecular weight excluding hydrogens is 476 g/mol. The number of nitrogens with one attached hydrogen (secondary N) is 1. The molecule has 2 aromatic heterocycles. The smallest absolute Gasteiger partial charge is 0.238 e. The van der Waals surface area contributed by atoms with Crippen molar-refractivity contribution >= 4 is 22.4 Å². The maximum Gasteiger partial charge on any atom is 0.238 e. The van der Waals surface area contributed by atoms with E-state index in [1.165, 1.54) is 0 Å². The predicted octanol–water partition coefficient (Wildman–Crippen LogP) is 4.06. The summed E-state index contributed by atoms with van der Waals surface area (Å²) in [6.07, 6.45) is 5.34. The first-order chi connectivity index (χ1) is 18.6. The van der Waals surface area contributed by atoms with Crippen molar-refractivity contribution in [1.82, 2.24) is 24.8 Å². The number of anilines is 1. The largest absolute Gasteiger partial charge is 0.497 e. The summed E-state index contributed by atoms with van der Waals surface area (Å²) >= 11 is 0. The van der Waals surface area contributed by atoms with Crippen LogP contribution in [0.5, 0.6) is 5.75 Å². The van der Waals surface area contributed by atoms with Gasteiger partial charge in [-0.25, -0.2) is 9.97 Å². The van der Waals surface area contributed by atoms with E-state index < -0.39 is 0 Å². The number of amides is 1. The van der Waals surface area contributed by atoms with E-state index in [1.54, 1.807) is 13.3 Å². The van der Waals surface area contributed by atoms with Crippen molar-refractivity contribution in [2.75, 3.05) is 51.7 Å². The number of ether oxygens (including phenoxy) is 1. The van der Waals surface area contributed by atoms with Crippen molar-refractivity contribution in [2.24, 2.45) is 0 Å². The molecular formula is C30H34N6O2. The fraction of sp³-hybridized carbons (Fsp3) is 0.333. The Bertz CT molecular complexity index is 1390. The summed E-state index contributed by atoms with van der Waals surface area (Å²) in [5.74, 6) is 1.52. The molecule has 1 saturated heterocycles. The summed E-state index contributed by atoms with van der Waals surface area (Å²) in [7, 11) is 1.65. The molecule has 1 aliphatic heterocycles. The molecule has 1 amide bonds. The fourth-order valence-corrected chi connectivity index (χ4v) is 4.83. The molecule has 4 aromatic rings. The second-order valence-corrected chi connectivity index (χ2v) is 9.56. The van der Waals surface area contributed by atoms with E-state index in [-0.39, 0.29) is 5.91 Å². The molecule has 2 aromatic carbocycles. The Hall–Kier alpha value is -3.88. The van der Waals surface area contributed by atoms with Crippen LogP contribution in [0.4, 0.5) is 5.69 Å². The first kappa shape index (κ1) is 25.8. The summed E-state index contributed by atoms with van der Waals surface area (Å²) in [4.78, 5) is 31.3. The number of methoxy groups -OCH3 is 1. The van der Waals surface area contributed by atoms with E-state index in [4.69, 9.17) is 9.72 Å². The molecule has 0 radical (unpaired) electrons. The third kappa shape index (κ3) is 6.33. The lowest BCUT2D eigenvalue weighted by Gasteiger charge is -2.34. The van der Waals surface area contributed by atoms with Crippen LogP contribution in [0, 0.1) is 0 Å². The molecule has 1 aliphatic rings. The van der Waals surface area contributed by atoms with Gasteiger partial charge in [-0.15, -0.1) is 0 Å². The van der Waals surface area contributed by atoms with Gasteiger partial charge in [-0.3, -0.25) is 14.7 Å². The molecule has 0 atom stereocenters. The lowest BCUT2D eigenvalue weighted by Crippen LogP contribution is -2.49. The van der Waals surface area contributed by atoms with Crippen LogP contribution in [0.25, 0.3) is 22.0 Å². The molecule has 0 spiro atoms. The first-order valence-electron chi connectivity index (χ1n) is 13.2. The number of hydrogen-bond donors (Lipinski definition) is 1. The zero-order chi connectivity index (χ0) is 26.3. The maximum atomic E-state index is 13.2. The van der Waals surface area contributed by atoms with Crippen LogP contribution in [0.2, 0.25) is 0 Å². The third-order valence-corrected chi connectivity index (χ3v) is 7.00. The Labute approximate surface area is 223 Å². The molecule has 8 nitrogen and oxygen atoms in total. The van der Waals surface area contributed by atoms with Gasteiger partial charge >= 0.3 is 0 Å². The van der Waals surface area contributed by atoms with E-state index in [9.17, 15) is 4.79 Å². The molecule has 0 saturated carbocycles. The summed E-state index contributed by atoms with van der Waals surface area (Å²) in [6.45, 7) is 7.01. The van der Waals surface area contributed by atoms with Gasteiger partial charge in [0.05, 0.1) is 19.3 Å². The molecule has 0 unspecified atom stereocenters. The van der Waals surface area contributed by atoms with E-state index >= 15 is 0 Å². The fourth-order valence-electron chi connectivity index (χ4n) is 4.83. The number of aryl methyl sites for hydroxylation is 1. The predicted molar refractivity (Wildman–Crippen MR) is 150 cm³/mol. The Kier molecular flexibility index (Phi) is 8.21. The van der Waals surface area contributed by atoms with Crippen molar-refractivity contribution < 1.29 is 9.53 Å². The van der Waals surface area contributed by atoms with Gasteiger partial charge in [0.15, 0.2) is 0 Å². The molecule has 8 heteroatoms. The number of pyridine rings is 1. The molecule has 3 heterocycles. The van der Waals surface area contributed by atoms with Crippen LogP contribution >= 0.6 is 0 Å². The average molecular weight is 511 g/mol. The van der Waals surface area contributed by atoms with Gasteiger partial charge < -0.3 is 15.0 Å². The second kappa shape index (κ2) is 12.1. The van der Waals surface area contributed by atoms with E-state index in [0.717, 1.165) is 90.6 Å². The van der Waals surface area contributed by atoms with Gasteiger partial charge in [0, 0.05) is 80.3 Å². The van der Waals surface area contributed by atoms with E-state index in [0.29, 0.717) is 6.54 Å². The van der Waals surface area contributed by atoms with Crippen molar-refractivity contribution in [3.05, 3.63) is 78.5 Å². The minimum atomic E-state index is -0.0230. The number of benzene rings is 2. The van der Waals surface area contributed by atoms with Crippen LogP contribution in [0.1, 0.15) is 18.4 Å². The Morgan fingerprint density at radius 1 is 0.974 bits per heavy atom. The molecule has 1 N–H and O–H groups in total. The van der Waals surface area contributed by atoms with Crippen LogP contribution in [0.15, 0.2) is 67.0 Å². The Morgan fingerprint density at radius 3 is 2.58 bits per heavy atom. The average Bonchev–Trinajstić information content (AvgIpc) is 2.97. The normalized spacial score (nSPS) is 14.5. The molecule has 5 rings (SSSR count). The number of aromatic nitrogens is 3. The second-order valence-electron chi connectivity index (χ2n) is 9.56. The number of carbonyl (C=O) groups excluding carboxylic acids is 1. The van der Waals surface area contributed by atoms with E-state index in [2.05, 4.69) is 37.2 Å². The summed E-state index contributed by atoms with van der Waals surface area (Å²) < 4.78 is 5.46. The van der Waals surface area contributed by atoms with E-state index in [1.807, 2.05) is 55.6 Å². The minimum Gasteiger partial charge on any atom is -0.497 e. The monoisotopic (exact) mass is 510 g/mol. The Balaban J connectivity index is 1.26. The topological polar surface area (TPSA) is 83.5 Å². The lowest BCUT2D eigenvalue weighted by molar-refractivity contribution is -0.117. The third-order valence-electron chi connectivity index (χ3n) is 7.00. The highest BCUT2D eigenvalue weighted by atomic mass is 16.5. The highest BCUT2D eigenvalue weighted by Gasteiger charge is 2.20. The number of nitrogens with zero attached hydrogens (tertiary/aromatic N) is 5. The first-order valence-corrected chi connectivity index (χ1v) is 13.2. The number of piperazine rings is 1.